The molecule has 3 rings (SSSR count). The molecule has 2 N–H and O–H groups in total. The number of carbonyl (C=O) groups is 1. The van der Waals surface area contributed by atoms with Gasteiger partial charge in [-0.1, -0.05) is 23.2 Å². The average molecular weight is 370 g/mol. The number of esters is 1. The summed E-state index contributed by atoms with van der Waals surface area (Å²) in [5, 5.41) is 10.6. The second-order valence-corrected chi connectivity index (χ2v) is 6.31. The number of methoxy groups -OCH3 is 1. The zero-order chi connectivity index (χ0) is 19.0. The Bertz CT molecular complexity index is 1030. The molecule has 0 radical (unpaired) electrons. The topological polar surface area (TPSA) is 98.2 Å². The molecule has 1 aromatic heterocycles. The second kappa shape index (κ2) is 6.70. The Kier molecular flexibility index (Phi) is 4.58. The smallest absolute Gasteiger partial charge is 0.338 e. The molecule has 1 atom stereocenters. The van der Waals surface area contributed by atoms with Crippen molar-refractivity contribution in [3.8, 4) is 6.07 Å². The lowest BCUT2D eigenvalue weighted by atomic mass is 9.83. The van der Waals surface area contributed by atoms with Crippen LogP contribution < -0.4 is 5.73 Å². The lowest BCUT2D eigenvalue weighted by molar-refractivity contribution is -0.136. The first-order valence-electron chi connectivity index (χ1n) is 7.80. The van der Waals surface area contributed by atoms with Gasteiger partial charge in [-0.15, -0.1) is 0 Å². The Morgan fingerprint density at radius 2 is 2.12 bits per heavy atom. The molecule has 0 bridgehead atoms. The van der Waals surface area contributed by atoms with Gasteiger partial charge in [0.05, 0.1) is 24.1 Å². The molecule has 0 saturated carbocycles. The average Bonchev–Trinajstić information content (AvgIpc) is 2.60. The van der Waals surface area contributed by atoms with Crippen LogP contribution in [0, 0.1) is 18.3 Å². The van der Waals surface area contributed by atoms with Crippen LogP contribution in [0.4, 0.5) is 0 Å². The number of nitrogens with zero attached hydrogens (tertiary/aromatic N) is 2. The number of benzene rings is 1. The van der Waals surface area contributed by atoms with Crippen molar-refractivity contribution < 1.29 is 14.3 Å². The highest BCUT2D eigenvalue weighted by Gasteiger charge is 2.37. The molecule has 26 heavy (non-hydrogen) atoms. The zero-order valence-electron chi connectivity index (χ0n) is 14.5. The Morgan fingerprint density at radius 3 is 2.77 bits per heavy atom. The van der Waals surface area contributed by atoms with E-state index in [1.807, 2.05) is 37.3 Å². The number of halogens is 1. The van der Waals surface area contributed by atoms with Crippen molar-refractivity contribution in [3.05, 3.63) is 63.3 Å². The third-order valence-corrected chi connectivity index (χ3v) is 4.58. The number of rotatable bonds is 2. The van der Waals surface area contributed by atoms with Crippen LogP contribution in [0.2, 0.25) is 5.15 Å². The molecule has 1 aliphatic heterocycles. The van der Waals surface area contributed by atoms with E-state index in [1.54, 1.807) is 6.92 Å². The number of carbonyl (C=O) groups excluding carboxylic acids is 1. The van der Waals surface area contributed by atoms with E-state index in [1.165, 1.54) is 7.11 Å². The summed E-state index contributed by atoms with van der Waals surface area (Å²) in [5.74, 6) is -1.24. The molecule has 0 spiro atoms. The summed E-state index contributed by atoms with van der Waals surface area (Å²) < 4.78 is 10.2. The van der Waals surface area contributed by atoms with E-state index >= 15 is 0 Å². The summed E-state index contributed by atoms with van der Waals surface area (Å²) in [7, 11) is 1.26. The molecule has 2 heterocycles. The Labute approximate surface area is 155 Å². The van der Waals surface area contributed by atoms with E-state index in [0.29, 0.717) is 11.1 Å². The van der Waals surface area contributed by atoms with Crippen LogP contribution in [-0.2, 0) is 14.3 Å². The minimum absolute atomic E-state index is 0.0666. The number of aromatic nitrogens is 1. The van der Waals surface area contributed by atoms with Crippen LogP contribution in [0.1, 0.15) is 24.0 Å². The number of nitrogens with two attached hydrogens (primary N) is 1. The van der Waals surface area contributed by atoms with Crippen LogP contribution in [0.3, 0.4) is 0 Å². The summed E-state index contributed by atoms with van der Waals surface area (Å²) in [6.07, 6.45) is 0. The minimum atomic E-state index is -0.814. The summed E-state index contributed by atoms with van der Waals surface area (Å²) in [6, 6.07) is 9.58. The number of pyridine rings is 1. The highest BCUT2D eigenvalue weighted by Crippen LogP contribution is 2.42. The lowest BCUT2D eigenvalue weighted by Gasteiger charge is -2.27. The second-order valence-electron chi connectivity index (χ2n) is 5.95. The van der Waals surface area contributed by atoms with E-state index in [0.717, 1.165) is 10.9 Å². The number of ether oxygens (including phenoxy) is 2. The third-order valence-electron chi connectivity index (χ3n) is 4.27. The zero-order valence-corrected chi connectivity index (χ0v) is 15.2. The number of fused-ring (bicyclic) bond motifs is 1. The molecule has 1 aromatic carbocycles. The van der Waals surface area contributed by atoms with Crippen molar-refractivity contribution in [3.63, 3.8) is 0 Å². The molecule has 0 aliphatic carbocycles. The maximum absolute atomic E-state index is 12.4. The van der Waals surface area contributed by atoms with E-state index in [9.17, 15) is 10.1 Å². The van der Waals surface area contributed by atoms with Crippen LogP contribution >= 0.6 is 11.6 Å². The predicted molar refractivity (Wildman–Crippen MR) is 96.9 cm³/mol. The highest BCUT2D eigenvalue weighted by molar-refractivity contribution is 6.30. The standard InChI is InChI=1S/C19H16ClN3O3/c1-9-4-5-14-11(6-9)7-12(17(20)23-14)16-13(8-21)18(22)26-10(2)15(16)19(24)25-3/h4-7,16H,22H2,1-3H3/t16-/m1/s1. The van der Waals surface area contributed by atoms with Crippen molar-refractivity contribution in [2.24, 2.45) is 5.73 Å². The first-order valence-corrected chi connectivity index (χ1v) is 8.18. The number of aryl methyl sites for hydroxylation is 1. The number of nitriles is 1. The Morgan fingerprint density at radius 1 is 1.38 bits per heavy atom. The monoisotopic (exact) mass is 369 g/mol. The minimum Gasteiger partial charge on any atom is -0.466 e. The van der Waals surface area contributed by atoms with Gasteiger partial charge in [-0.25, -0.2) is 9.78 Å². The van der Waals surface area contributed by atoms with Crippen LogP contribution in [0.15, 0.2) is 47.1 Å². The van der Waals surface area contributed by atoms with Gasteiger partial charge >= 0.3 is 5.97 Å². The molecule has 0 amide bonds. The van der Waals surface area contributed by atoms with Gasteiger partial charge in [0, 0.05) is 10.9 Å². The lowest BCUT2D eigenvalue weighted by Crippen LogP contribution is -2.25. The summed E-state index contributed by atoms with van der Waals surface area (Å²) in [4.78, 5) is 16.8. The van der Waals surface area contributed by atoms with Crippen molar-refractivity contribution in [1.82, 2.24) is 4.98 Å². The van der Waals surface area contributed by atoms with Gasteiger partial charge in [-0.3, -0.25) is 0 Å². The fraction of sp³-hybridized carbons (Fsp3) is 0.211. The molecule has 1 aliphatic rings. The van der Waals surface area contributed by atoms with Crippen LogP contribution in [0.25, 0.3) is 10.9 Å². The van der Waals surface area contributed by atoms with E-state index in [-0.39, 0.29) is 27.9 Å². The van der Waals surface area contributed by atoms with Gasteiger partial charge in [0.2, 0.25) is 5.88 Å². The third kappa shape index (κ3) is 2.87. The van der Waals surface area contributed by atoms with E-state index in [2.05, 4.69) is 4.98 Å². The first-order chi connectivity index (χ1) is 12.4. The molecule has 0 saturated heterocycles. The normalized spacial score (nSPS) is 17.1. The molecular weight excluding hydrogens is 354 g/mol. The van der Waals surface area contributed by atoms with E-state index in [4.69, 9.17) is 26.8 Å². The van der Waals surface area contributed by atoms with Gasteiger partial charge in [0.15, 0.2) is 0 Å². The van der Waals surface area contributed by atoms with Crippen LogP contribution in [-0.4, -0.2) is 18.1 Å². The molecule has 0 fully saturated rings. The molecule has 7 heteroatoms. The maximum atomic E-state index is 12.4. The quantitative estimate of drug-likeness (QED) is 0.643. The van der Waals surface area contributed by atoms with Crippen molar-refractivity contribution >= 4 is 28.5 Å². The van der Waals surface area contributed by atoms with Gasteiger partial charge in [0.1, 0.15) is 22.6 Å². The fourth-order valence-electron chi connectivity index (χ4n) is 3.06. The molecule has 2 aromatic rings. The van der Waals surface area contributed by atoms with Crippen molar-refractivity contribution in [1.29, 1.82) is 5.26 Å². The maximum Gasteiger partial charge on any atom is 0.338 e. The molecule has 132 valence electrons. The van der Waals surface area contributed by atoms with Gasteiger partial charge < -0.3 is 15.2 Å². The SMILES string of the molecule is COC(=O)C1=C(C)OC(N)=C(C#N)[C@H]1c1cc2cc(C)ccc2nc1Cl. The molecule has 0 unspecified atom stereocenters. The van der Waals surface area contributed by atoms with Gasteiger partial charge in [0.25, 0.3) is 0 Å². The summed E-state index contributed by atoms with van der Waals surface area (Å²) in [6.45, 7) is 3.55. The highest BCUT2D eigenvalue weighted by atomic mass is 35.5. The first kappa shape index (κ1) is 17.8. The van der Waals surface area contributed by atoms with Crippen molar-refractivity contribution in [2.45, 2.75) is 19.8 Å². The van der Waals surface area contributed by atoms with Gasteiger partial charge in [-0.2, -0.15) is 5.26 Å². The number of allylic oxidation sites excluding steroid dienone is 2. The Hall–Kier alpha value is -3.04. The largest absolute Gasteiger partial charge is 0.466 e. The Balaban J connectivity index is 2.31. The van der Waals surface area contributed by atoms with Gasteiger partial charge in [-0.05, 0) is 32.0 Å². The molecule has 6 nitrogen and oxygen atoms in total. The van der Waals surface area contributed by atoms with E-state index < -0.39 is 11.9 Å². The fourth-order valence-corrected chi connectivity index (χ4v) is 3.31. The van der Waals surface area contributed by atoms with Crippen molar-refractivity contribution in [2.75, 3.05) is 7.11 Å². The van der Waals surface area contributed by atoms with Crippen LogP contribution in [0.5, 0.6) is 0 Å². The number of hydrogen-bond donors (Lipinski definition) is 1. The summed E-state index contributed by atoms with van der Waals surface area (Å²) >= 11 is 6.41. The molecular formula is C19H16ClN3O3. The number of hydrogen-bond acceptors (Lipinski definition) is 6. The summed E-state index contributed by atoms with van der Waals surface area (Å²) in [5.41, 5.74) is 8.41. The predicted octanol–water partition coefficient (Wildman–Crippen LogP) is 3.45.